The summed E-state index contributed by atoms with van der Waals surface area (Å²) in [5.41, 5.74) is 5.69. The van der Waals surface area contributed by atoms with Crippen molar-refractivity contribution in [1.29, 1.82) is 0 Å². The van der Waals surface area contributed by atoms with Crippen molar-refractivity contribution in [1.82, 2.24) is 4.90 Å². The van der Waals surface area contributed by atoms with Gasteiger partial charge in [-0.25, -0.2) is 8.42 Å². The molecule has 1 saturated heterocycles. The Labute approximate surface area is 145 Å². The van der Waals surface area contributed by atoms with Crippen molar-refractivity contribution in [3.8, 4) is 0 Å². The number of nitrogens with zero attached hydrogens (tertiary/aromatic N) is 1. The van der Waals surface area contributed by atoms with Gasteiger partial charge in [0.2, 0.25) is 9.84 Å². The van der Waals surface area contributed by atoms with E-state index >= 15 is 0 Å². The monoisotopic (exact) mass is 376 g/mol. The van der Waals surface area contributed by atoms with Crippen LogP contribution >= 0.6 is 0 Å². The summed E-state index contributed by atoms with van der Waals surface area (Å²) in [5, 5.41) is 0. The van der Waals surface area contributed by atoms with Gasteiger partial charge in [-0.3, -0.25) is 4.79 Å². The molecular formula is C16H22F2N2O4S. The van der Waals surface area contributed by atoms with E-state index in [0.29, 0.717) is 39.1 Å². The molecule has 1 aliphatic heterocycles. The molecule has 0 radical (unpaired) electrons. The molecule has 0 bridgehead atoms. The number of ether oxygens (including phenoxy) is 1. The molecule has 1 aromatic carbocycles. The Hall–Kier alpha value is -1.58. The minimum Gasteiger partial charge on any atom is -0.378 e. The summed E-state index contributed by atoms with van der Waals surface area (Å²) in [4.78, 5) is 13.6. The third-order valence-electron chi connectivity index (χ3n) is 4.10. The van der Waals surface area contributed by atoms with E-state index in [0.717, 1.165) is 18.6 Å². The van der Waals surface area contributed by atoms with Gasteiger partial charge in [-0.2, -0.15) is 8.78 Å². The summed E-state index contributed by atoms with van der Waals surface area (Å²) < 4.78 is 53.5. The Morgan fingerprint density at radius 2 is 1.84 bits per heavy atom. The largest absolute Gasteiger partial charge is 0.378 e. The van der Waals surface area contributed by atoms with Crippen LogP contribution in [0.5, 0.6) is 0 Å². The molecular weight excluding hydrogens is 354 g/mol. The topological polar surface area (TPSA) is 89.7 Å². The van der Waals surface area contributed by atoms with E-state index < -0.39 is 20.5 Å². The summed E-state index contributed by atoms with van der Waals surface area (Å²) in [5.74, 6) is -3.73. The Kier molecular flexibility index (Phi) is 6.86. The number of nitrogens with two attached hydrogens (primary N) is 1. The zero-order valence-corrected chi connectivity index (χ0v) is 14.6. The molecule has 140 valence electrons. The summed E-state index contributed by atoms with van der Waals surface area (Å²) in [6.07, 6.45) is 2.34. The zero-order valence-electron chi connectivity index (χ0n) is 13.7. The average Bonchev–Trinajstić information content (AvgIpc) is 2.62. The lowest BCUT2D eigenvalue weighted by Crippen LogP contribution is -2.41. The number of alkyl halides is 2. The maximum atomic E-state index is 12.5. The van der Waals surface area contributed by atoms with E-state index in [9.17, 15) is 22.0 Å². The van der Waals surface area contributed by atoms with Gasteiger partial charge in [0.15, 0.2) is 0 Å². The van der Waals surface area contributed by atoms with Crippen molar-refractivity contribution >= 4 is 15.7 Å². The summed E-state index contributed by atoms with van der Waals surface area (Å²) in [6, 6.07) is 4.61. The second-order valence-electron chi connectivity index (χ2n) is 5.83. The van der Waals surface area contributed by atoms with Crippen molar-refractivity contribution in [3.63, 3.8) is 0 Å². The fraction of sp³-hybridized carbons (Fsp3) is 0.562. The number of carbonyl (C=O) groups is 1. The molecule has 1 heterocycles. The second-order valence-corrected chi connectivity index (χ2v) is 7.75. The Morgan fingerprint density at radius 1 is 1.24 bits per heavy atom. The van der Waals surface area contributed by atoms with Gasteiger partial charge in [0.25, 0.3) is 5.91 Å². The molecule has 0 saturated carbocycles. The third-order valence-corrected chi connectivity index (χ3v) is 5.49. The van der Waals surface area contributed by atoms with Crippen molar-refractivity contribution in [2.45, 2.75) is 36.0 Å². The average molecular weight is 376 g/mol. The number of halogens is 2. The standard InChI is InChI=1S/C16H22F2N2O4S/c17-16(18)25(22,23)14-4-2-12(3-5-14)15(21)20-9-6-13(7-10-20)24-11-1-8-19/h2-5,13,16H,1,6-11,19H2. The number of hydrogen-bond acceptors (Lipinski definition) is 5. The highest BCUT2D eigenvalue weighted by molar-refractivity contribution is 7.91. The SMILES string of the molecule is NCCCOC1CCN(C(=O)c2ccc(S(=O)(=O)C(F)F)cc2)CC1. The molecule has 0 aromatic heterocycles. The van der Waals surface area contributed by atoms with E-state index in [1.54, 1.807) is 4.90 Å². The fourth-order valence-corrected chi connectivity index (χ4v) is 3.35. The van der Waals surface area contributed by atoms with E-state index in [1.807, 2.05) is 0 Å². The number of sulfone groups is 1. The normalized spacial score (nSPS) is 16.4. The molecule has 0 spiro atoms. The third kappa shape index (κ3) is 4.96. The second kappa shape index (κ2) is 8.68. The number of rotatable bonds is 7. The maximum Gasteiger partial charge on any atom is 0.341 e. The van der Waals surface area contributed by atoms with Gasteiger partial charge >= 0.3 is 5.76 Å². The smallest absolute Gasteiger partial charge is 0.341 e. The van der Waals surface area contributed by atoms with Gasteiger partial charge in [0.1, 0.15) is 0 Å². The fourth-order valence-electron chi connectivity index (χ4n) is 2.63. The van der Waals surface area contributed by atoms with Crippen LogP contribution in [0.4, 0.5) is 8.78 Å². The van der Waals surface area contributed by atoms with E-state index in [4.69, 9.17) is 10.5 Å². The molecule has 2 N–H and O–H groups in total. The zero-order chi connectivity index (χ0) is 18.4. The lowest BCUT2D eigenvalue weighted by atomic mass is 10.1. The minimum absolute atomic E-state index is 0.106. The molecule has 25 heavy (non-hydrogen) atoms. The number of amides is 1. The van der Waals surface area contributed by atoms with Crippen LogP contribution in [0.1, 0.15) is 29.6 Å². The molecule has 1 aromatic rings. The van der Waals surface area contributed by atoms with E-state index in [1.165, 1.54) is 12.1 Å². The van der Waals surface area contributed by atoms with Gasteiger partial charge in [0, 0.05) is 25.3 Å². The molecule has 0 aliphatic carbocycles. The van der Waals surface area contributed by atoms with Gasteiger partial charge in [-0.1, -0.05) is 0 Å². The summed E-state index contributed by atoms with van der Waals surface area (Å²) in [7, 11) is -4.65. The maximum absolute atomic E-state index is 12.5. The molecule has 0 unspecified atom stereocenters. The van der Waals surface area contributed by atoms with Crippen LogP contribution in [0, 0.1) is 0 Å². The number of benzene rings is 1. The summed E-state index contributed by atoms with van der Waals surface area (Å²) in [6.45, 7) is 2.25. The van der Waals surface area contributed by atoms with E-state index in [-0.39, 0.29) is 17.6 Å². The molecule has 1 aliphatic rings. The number of hydrogen-bond donors (Lipinski definition) is 1. The van der Waals surface area contributed by atoms with Crippen LogP contribution in [0.3, 0.4) is 0 Å². The lowest BCUT2D eigenvalue weighted by molar-refractivity contribution is 0.00844. The van der Waals surface area contributed by atoms with Crippen LogP contribution < -0.4 is 5.73 Å². The highest BCUT2D eigenvalue weighted by Crippen LogP contribution is 2.21. The van der Waals surface area contributed by atoms with Crippen molar-refractivity contribution in [2.75, 3.05) is 26.2 Å². The van der Waals surface area contributed by atoms with Crippen molar-refractivity contribution in [2.24, 2.45) is 5.73 Å². The molecule has 0 atom stereocenters. The predicted octanol–water partition coefficient (Wildman–Crippen LogP) is 1.65. The van der Waals surface area contributed by atoms with Crippen LogP contribution in [0.25, 0.3) is 0 Å². The highest BCUT2D eigenvalue weighted by atomic mass is 32.2. The van der Waals surface area contributed by atoms with E-state index in [2.05, 4.69) is 0 Å². The van der Waals surface area contributed by atoms with Gasteiger partial charge < -0.3 is 15.4 Å². The lowest BCUT2D eigenvalue weighted by Gasteiger charge is -2.32. The molecule has 1 amide bonds. The van der Waals surface area contributed by atoms with Crippen LogP contribution in [0.2, 0.25) is 0 Å². The van der Waals surface area contributed by atoms with Crippen LogP contribution in [-0.4, -0.2) is 57.3 Å². The quantitative estimate of drug-likeness (QED) is 0.731. The Morgan fingerprint density at radius 3 is 2.36 bits per heavy atom. The van der Waals surface area contributed by atoms with Crippen LogP contribution in [-0.2, 0) is 14.6 Å². The molecule has 2 rings (SSSR count). The van der Waals surface area contributed by atoms with Gasteiger partial charge in [-0.15, -0.1) is 0 Å². The number of carbonyl (C=O) groups excluding carboxylic acids is 1. The highest BCUT2D eigenvalue weighted by Gasteiger charge is 2.28. The minimum atomic E-state index is -4.65. The number of piperidine rings is 1. The molecule has 1 fully saturated rings. The first-order valence-corrected chi connectivity index (χ1v) is 9.64. The van der Waals surface area contributed by atoms with Gasteiger partial charge in [0.05, 0.1) is 11.0 Å². The van der Waals surface area contributed by atoms with Crippen LogP contribution in [0.15, 0.2) is 29.2 Å². The molecule has 9 heteroatoms. The Bertz CT molecular complexity index is 672. The first-order valence-electron chi connectivity index (χ1n) is 8.09. The first-order chi connectivity index (χ1) is 11.9. The Balaban J connectivity index is 1.94. The van der Waals surface area contributed by atoms with Gasteiger partial charge in [-0.05, 0) is 50.1 Å². The molecule has 6 nitrogen and oxygen atoms in total. The summed E-state index contributed by atoms with van der Waals surface area (Å²) >= 11 is 0. The first kappa shape index (κ1) is 19.7. The number of likely N-dealkylation sites (tertiary alicyclic amines) is 1. The van der Waals surface area contributed by atoms with Crippen molar-refractivity contribution in [3.05, 3.63) is 29.8 Å². The predicted molar refractivity (Wildman–Crippen MR) is 88.2 cm³/mol. The van der Waals surface area contributed by atoms with Crippen molar-refractivity contribution < 1.29 is 26.7 Å².